The summed E-state index contributed by atoms with van der Waals surface area (Å²) in [5.74, 6) is 1.20. The highest BCUT2D eigenvalue weighted by Gasteiger charge is 2.27. The summed E-state index contributed by atoms with van der Waals surface area (Å²) in [5, 5.41) is 2.99. The molecule has 1 fully saturated rings. The molecule has 0 bridgehead atoms. The molecule has 1 N–H and O–H groups in total. The van der Waals surface area contributed by atoms with Crippen LogP contribution in [0.25, 0.3) is 0 Å². The number of nitrogens with one attached hydrogen (secondary N) is 1. The Balaban J connectivity index is 1.81. The SMILES string of the molecule is CCC(C)NC(=O)CN1CCN(C(=O)C(C)Oc2cccc(C(C)C)c2)CC1. The van der Waals surface area contributed by atoms with Gasteiger partial charge in [0, 0.05) is 32.2 Å². The van der Waals surface area contributed by atoms with Gasteiger partial charge in [-0.3, -0.25) is 14.5 Å². The van der Waals surface area contributed by atoms with Crippen molar-refractivity contribution >= 4 is 11.8 Å². The zero-order chi connectivity index (χ0) is 20.7. The van der Waals surface area contributed by atoms with Gasteiger partial charge in [-0.15, -0.1) is 0 Å². The normalized spacial score (nSPS) is 17.3. The van der Waals surface area contributed by atoms with Crippen LogP contribution in [0, 0.1) is 0 Å². The van der Waals surface area contributed by atoms with Crippen LogP contribution in [0.4, 0.5) is 0 Å². The Hall–Kier alpha value is -2.08. The fourth-order valence-corrected chi connectivity index (χ4v) is 3.21. The van der Waals surface area contributed by atoms with Crippen molar-refractivity contribution in [1.82, 2.24) is 15.1 Å². The molecule has 2 amide bonds. The minimum Gasteiger partial charge on any atom is -0.481 e. The summed E-state index contributed by atoms with van der Waals surface area (Å²) in [7, 11) is 0. The molecule has 2 unspecified atom stereocenters. The number of carbonyl (C=O) groups excluding carboxylic acids is 2. The van der Waals surface area contributed by atoms with Crippen LogP contribution in [-0.4, -0.2) is 66.5 Å². The fraction of sp³-hybridized carbons (Fsp3) is 0.636. The van der Waals surface area contributed by atoms with Gasteiger partial charge in [0.15, 0.2) is 6.10 Å². The third-order valence-electron chi connectivity index (χ3n) is 5.26. The van der Waals surface area contributed by atoms with Crippen LogP contribution in [0.3, 0.4) is 0 Å². The molecular weight excluding hydrogens is 354 g/mol. The number of hydrogen-bond donors (Lipinski definition) is 1. The highest BCUT2D eigenvalue weighted by molar-refractivity contribution is 5.81. The number of hydrogen-bond acceptors (Lipinski definition) is 4. The van der Waals surface area contributed by atoms with Gasteiger partial charge in [-0.25, -0.2) is 0 Å². The molecule has 0 aromatic heterocycles. The van der Waals surface area contributed by atoms with E-state index >= 15 is 0 Å². The van der Waals surface area contributed by atoms with E-state index in [9.17, 15) is 9.59 Å². The van der Waals surface area contributed by atoms with Crippen molar-refractivity contribution in [1.29, 1.82) is 0 Å². The lowest BCUT2D eigenvalue weighted by Crippen LogP contribution is -2.53. The van der Waals surface area contributed by atoms with Crippen molar-refractivity contribution < 1.29 is 14.3 Å². The van der Waals surface area contributed by atoms with Crippen LogP contribution >= 0.6 is 0 Å². The lowest BCUT2D eigenvalue weighted by molar-refractivity contribution is -0.139. The van der Waals surface area contributed by atoms with Crippen molar-refractivity contribution in [3.05, 3.63) is 29.8 Å². The van der Waals surface area contributed by atoms with E-state index in [1.54, 1.807) is 6.92 Å². The highest BCUT2D eigenvalue weighted by atomic mass is 16.5. The van der Waals surface area contributed by atoms with Gasteiger partial charge in [-0.05, 0) is 43.9 Å². The zero-order valence-electron chi connectivity index (χ0n) is 17.9. The van der Waals surface area contributed by atoms with Crippen molar-refractivity contribution in [2.24, 2.45) is 0 Å². The van der Waals surface area contributed by atoms with E-state index in [-0.39, 0.29) is 17.9 Å². The largest absolute Gasteiger partial charge is 0.481 e. The number of ether oxygens (including phenoxy) is 1. The smallest absolute Gasteiger partial charge is 0.263 e. The number of rotatable bonds is 8. The lowest BCUT2D eigenvalue weighted by atomic mass is 10.0. The average Bonchev–Trinajstić information content (AvgIpc) is 2.67. The first-order valence-corrected chi connectivity index (χ1v) is 10.4. The molecule has 0 spiro atoms. The summed E-state index contributed by atoms with van der Waals surface area (Å²) in [5.41, 5.74) is 1.20. The molecule has 6 heteroatoms. The van der Waals surface area contributed by atoms with Gasteiger partial charge in [0.1, 0.15) is 5.75 Å². The Kier molecular flexibility index (Phi) is 8.30. The van der Waals surface area contributed by atoms with Crippen LogP contribution in [0.5, 0.6) is 5.75 Å². The van der Waals surface area contributed by atoms with Crippen LogP contribution < -0.4 is 10.1 Å². The molecule has 1 aromatic carbocycles. The molecular formula is C22H35N3O3. The summed E-state index contributed by atoms with van der Waals surface area (Å²) < 4.78 is 5.90. The van der Waals surface area contributed by atoms with E-state index < -0.39 is 6.10 Å². The molecule has 1 saturated heterocycles. The lowest BCUT2D eigenvalue weighted by Gasteiger charge is -2.35. The second-order valence-electron chi connectivity index (χ2n) is 7.97. The van der Waals surface area contributed by atoms with Gasteiger partial charge in [0.2, 0.25) is 5.91 Å². The van der Waals surface area contributed by atoms with E-state index in [1.807, 2.05) is 30.0 Å². The average molecular weight is 390 g/mol. The fourth-order valence-electron chi connectivity index (χ4n) is 3.21. The number of carbonyl (C=O) groups is 2. The van der Waals surface area contributed by atoms with Crippen molar-refractivity contribution in [2.75, 3.05) is 32.7 Å². The van der Waals surface area contributed by atoms with Gasteiger partial charge in [-0.1, -0.05) is 32.9 Å². The number of amides is 2. The summed E-state index contributed by atoms with van der Waals surface area (Å²) in [6.45, 7) is 13.2. The molecule has 0 radical (unpaired) electrons. The Morgan fingerprint density at radius 3 is 2.39 bits per heavy atom. The highest BCUT2D eigenvalue weighted by Crippen LogP contribution is 2.21. The number of nitrogens with zero attached hydrogens (tertiary/aromatic N) is 2. The molecule has 1 aliphatic heterocycles. The van der Waals surface area contributed by atoms with Crippen LogP contribution in [0.2, 0.25) is 0 Å². The molecule has 156 valence electrons. The van der Waals surface area contributed by atoms with Gasteiger partial charge in [0.25, 0.3) is 5.91 Å². The topological polar surface area (TPSA) is 61.9 Å². The third kappa shape index (κ3) is 6.51. The molecule has 2 rings (SSSR count). The van der Waals surface area contributed by atoms with Gasteiger partial charge < -0.3 is 15.0 Å². The number of piperazine rings is 1. The molecule has 0 aliphatic carbocycles. The second-order valence-corrected chi connectivity index (χ2v) is 7.97. The monoisotopic (exact) mass is 389 g/mol. The zero-order valence-corrected chi connectivity index (χ0v) is 17.9. The van der Waals surface area contributed by atoms with Gasteiger partial charge in [-0.2, -0.15) is 0 Å². The molecule has 28 heavy (non-hydrogen) atoms. The van der Waals surface area contributed by atoms with Crippen molar-refractivity contribution in [2.45, 2.75) is 59.1 Å². The van der Waals surface area contributed by atoms with Crippen molar-refractivity contribution in [3.8, 4) is 5.75 Å². The summed E-state index contributed by atoms with van der Waals surface area (Å²) in [4.78, 5) is 28.7. The molecule has 2 atom stereocenters. The van der Waals surface area contributed by atoms with E-state index in [4.69, 9.17) is 4.74 Å². The first kappa shape index (κ1) is 22.2. The van der Waals surface area contributed by atoms with E-state index in [1.165, 1.54) is 5.56 Å². The Morgan fingerprint density at radius 2 is 1.79 bits per heavy atom. The maximum absolute atomic E-state index is 12.7. The third-order valence-corrected chi connectivity index (χ3v) is 5.26. The Labute approximate surface area is 169 Å². The molecule has 1 aromatic rings. The Morgan fingerprint density at radius 1 is 1.11 bits per heavy atom. The summed E-state index contributed by atoms with van der Waals surface area (Å²) >= 11 is 0. The standard InChI is InChI=1S/C22H35N3O3/c1-6-17(4)23-21(26)15-24-10-12-25(13-11-24)22(27)18(5)28-20-9-7-8-19(14-20)16(2)3/h7-9,14,16-18H,6,10-13,15H2,1-5H3,(H,23,26). The summed E-state index contributed by atoms with van der Waals surface area (Å²) in [6, 6.07) is 8.12. The molecule has 1 aliphatic rings. The minimum absolute atomic E-state index is 0.00124. The number of benzene rings is 1. The van der Waals surface area contributed by atoms with Gasteiger partial charge >= 0.3 is 0 Å². The van der Waals surface area contributed by atoms with Crippen LogP contribution in [0.15, 0.2) is 24.3 Å². The Bertz CT molecular complexity index is 654. The van der Waals surface area contributed by atoms with E-state index in [0.717, 1.165) is 12.2 Å². The molecule has 6 nitrogen and oxygen atoms in total. The molecule has 0 saturated carbocycles. The maximum Gasteiger partial charge on any atom is 0.263 e. The molecule has 1 heterocycles. The quantitative estimate of drug-likeness (QED) is 0.742. The second kappa shape index (κ2) is 10.5. The minimum atomic E-state index is -0.525. The maximum atomic E-state index is 12.7. The van der Waals surface area contributed by atoms with Crippen LogP contribution in [0.1, 0.15) is 52.5 Å². The summed E-state index contributed by atoms with van der Waals surface area (Å²) in [6.07, 6.45) is 0.397. The van der Waals surface area contributed by atoms with E-state index in [2.05, 4.69) is 37.1 Å². The first-order valence-electron chi connectivity index (χ1n) is 10.4. The van der Waals surface area contributed by atoms with Gasteiger partial charge in [0.05, 0.1) is 6.54 Å². The van der Waals surface area contributed by atoms with Crippen LogP contribution in [-0.2, 0) is 9.59 Å². The van der Waals surface area contributed by atoms with E-state index in [0.29, 0.717) is 38.6 Å². The first-order chi connectivity index (χ1) is 13.3. The predicted octanol–water partition coefficient (Wildman–Crippen LogP) is 2.64. The predicted molar refractivity (Wildman–Crippen MR) is 112 cm³/mol. The van der Waals surface area contributed by atoms with Crippen molar-refractivity contribution in [3.63, 3.8) is 0 Å².